The lowest BCUT2D eigenvalue weighted by atomic mass is 10.0. The van der Waals surface area contributed by atoms with Gasteiger partial charge in [-0.2, -0.15) is 8.97 Å². The lowest BCUT2D eigenvalue weighted by Crippen LogP contribution is -2.86. The number of hydrogen-bond acceptors (Lipinski definition) is 2. The summed E-state index contributed by atoms with van der Waals surface area (Å²) in [7, 11) is 2.26. The molecule has 3 unspecified atom stereocenters. The molecule has 0 N–H and O–H groups in total. The van der Waals surface area contributed by atoms with Gasteiger partial charge in [0, 0.05) is 5.56 Å². The van der Waals surface area contributed by atoms with Gasteiger partial charge in [0.15, 0.2) is 0 Å². The van der Waals surface area contributed by atoms with E-state index in [2.05, 4.69) is 124 Å². The number of quaternary nitrogens is 2. The largest absolute Gasteiger partial charge is 0.573 e. The molecule has 2 aliphatic heterocycles. The van der Waals surface area contributed by atoms with Crippen molar-refractivity contribution in [1.29, 1.82) is 0 Å². The number of hydrogen-bond donors (Lipinski definition) is 0. The molecule has 4 aromatic rings. The van der Waals surface area contributed by atoms with E-state index in [1.807, 2.05) is 0 Å². The van der Waals surface area contributed by atoms with Crippen molar-refractivity contribution in [2.45, 2.75) is 33.0 Å². The lowest BCUT2D eigenvalue weighted by molar-refractivity contribution is -0.316. The molecule has 1 spiro atoms. The lowest BCUT2D eigenvalue weighted by Gasteiger charge is -2.58. The van der Waals surface area contributed by atoms with Gasteiger partial charge in [0.05, 0.1) is 19.2 Å². The number of aryl methyl sites for hydroxylation is 1. The summed E-state index contributed by atoms with van der Waals surface area (Å²) in [4.78, 5) is 0. The molecule has 0 fully saturated rings. The van der Waals surface area contributed by atoms with Gasteiger partial charge in [0.1, 0.15) is 36.0 Å². The van der Waals surface area contributed by atoms with Crippen LogP contribution >= 0.6 is 0 Å². The average molecular weight is 465 g/mol. The van der Waals surface area contributed by atoms with Crippen molar-refractivity contribution >= 4 is 11.4 Å². The van der Waals surface area contributed by atoms with Crippen molar-refractivity contribution in [2.75, 3.05) is 13.6 Å². The summed E-state index contributed by atoms with van der Waals surface area (Å²) in [6.07, 6.45) is 0. The van der Waals surface area contributed by atoms with Gasteiger partial charge in [-0.25, -0.2) is 0 Å². The maximum atomic E-state index is 7.30. The van der Waals surface area contributed by atoms with Crippen LogP contribution in [0.15, 0.2) is 103 Å². The zero-order chi connectivity index (χ0) is 24.1. The first kappa shape index (κ1) is 21.9. The zero-order valence-electron chi connectivity index (χ0n) is 20.6. The Labute approximate surface area is 207 Å². The Morgan fingerprint density at radius 2 is 1.31 bits per heavy atom. The summed E-state index contributed by atoms with van der Waals surface area (Å²) >= 11 is 0. The Kier molecular flexibility index (Phi) is 4.99. The average Bonchev–Trinajstić information content (AvgIpc) is 2.90. The maximum absolute atomic E-state index is 7.30. The highest BCUT2D eigenvalue weighted by molar-refractivity contribution is 5.56. The van der Waals surface area contributed by atoms with Gasteiger partial charge in [-0.15, -0.1) is 0 Å². The molecule has 4 nitrogen and oxygen atoms in total. The minimum absolute atomic E-state index is 0.460. The normalized spacial score (nSPS) is 26.8. The van der Waals surface area contributed by atoms with Crippen LogP contribution in [0.3, 0.4) is 0 Å². The van der Waals surface area contributed by atoms with Gasteiger partial charge in [-0.3, -0.25) is 0 Å². The highest BCUT2D eigenvalue weighted by Crippen LogP contribution is 2.53. The van der Waals surface area contributed by atoms with Crippen LogP contribution in [-0.2, 0) is 13.1 Å². The summed E-state index contributed by atoms with van der Waals surface area (Å²) < 4.78 is 15.5. The third-order valence-electron chi connectivity index (χ3n) is 7.95. The Bertz CT molecular complexity index is 1370. The molecule has 0 aromatic heterocycles. The first-order chi connectivity index (χ1) is 17.0. The molecule has 4 heteroatoms. The van der Waals surface area contributed by atoms with Gasteiger partial charge in [0.25, 0.3) is 0 Å². The molecule has 0 bridgehead atoms. The Morgan fingerprint density at radius 1 is 0.686 bits per heavy atom. The predicted molar refractivity (Wildman–Crippen MR) is 142 cm³/mol. The smallest absolute Gasteiger partial charge is 0.358 e. The molecule has 2 heterocycles. The first-order valence-corrected chi connectivity index (χ1v) is 12.4. The molecule has 0 aliphatic carbocycles. The first-order valence-electron chi connectivity index (χ1n) is 12.4. The van der Waals surface area contributed by atoms with E-state index < -0.39 is 6.03 Å². The van der Waals surface area contributed by atoms with Gasteiger partial charge in [-0.1, -0.05) is 60.7 Å². The van der Waals surface area contributed by atoms with Crippen molar-refractivity contribution in [3.05, 3.63) is 120 Å². The molecular weight excluding hydrogens is 432 g/mol. The number of benzene rings is 4. The maximum Gasteiger partial charge on any atom is 0.573 e. The van der Waals surface area contributed by atoms with Crippen LogP contribution in [0.4, 0.5) is 11.4 Å². The second-order valence-corrected chi connectivity index (χ2v) is 9.89. The molecule has 0 saturated heterocycles. The quantitative estimate of drug-likeness (QED) is 0.312. The second-order valence-electron chi connectivity index (χ2n) is 9.89. The van der Waals surface area contributed by atoms with Gasteiger partial charge < -0.3 is 9.47 Å². The minimum atomic E-state index is -1.06. The number of para-hydroxylation sites is 4. The van der Waals surface area contributed by atoms with E-state index in [0.29, 0.717) is 8.97 Å². The Balaban J connectivity index is 1.72. The molecule has 6 rings (SSSR count). The second kappa shape index (κ2) is 7.98. The van der Waals surface area contributed by atoms with Crippen LogP contribution in [0.2, 0.25) is 0 Å². The van der Waals surface area contributed by atoms with E-state index in [9.17, 15) is 0 Å². The van der Waals surface area contributed by atoms with Crippen molar-refractivity contribution in [3.63, 3.8) is 0 Å². The summed E-state index contributed by atoms with van der Waals surface area (Å²) in [5.74, 6) is 1.83. The molecular formula is C31H32N2O2+2. The van der Waals surface area contributed by atoms with Gasteiger partial charge in [-0.05, 0) is 61.9 Å². The summed E-state index contributed by atoms with van der Waals surface area (Å²) in [5.41, 5.74) is 5.87. The summed E-state index contributed by atoms with van der Waals surface area (Å²) in [6, 6.07) is 35.2. The molecule has 0 amide bonds. The number of ether oxygens (including phenoxy) is 2. The van der Waals surface area contributed by atoms with E-state index in [1.165, 1.54) is 16.8 Å². The third kappa shape index (κ3) is 3.00. The fourth-order valence-corrected chi connectivity index (χ4v) is 6.12. The molecule has 0 saturated carbocycles. The SMILES string of the molecule is CC[N+]1(c2ccccc2)Cc2ccccc2OC12Oc1c(C)cccc1C[N+]2(C)c1ccccc1. The zero-order valence-corrected chi connectivity index (χ0v) is 20.6. The van der Waals surface area contributed by atoms with Gasteiger partial charge in [0.2, 0.25) is 0 Å². The molecule has 2 aliphatic rings. The van der Waals surface area contributed by atoms with Crippen LogP contribution < -0.4 is 18.4 Å². The number of rotatable bonds is 3. The fourth-order valence-electron chi connectivity index (χ4n) is 6.12. The van der Waals surface area contributed by atoms with E-state index in [4.69, 9.17) is 9.47 Å². The number of fused-ring (bicyclic) bond motifs is 2. The van der Waals surface area contributed by atoms with E-state index in [1.54, 1.807) is 0 Å². The topological polar surface area (TPSA) is 18.5 Å². The predicted octanol–water partition coefficient (Wildman–Crippen LogP) is 6.76. The molecule has 35 heavy (non-hydrogen) atoms. The molecule has 4 aromatic carbocycles. The van der Waals surface area contributed by atoms with E-state index in [-0.39, 0.29) is 0 Å². The highest BCUT2D eigenvalue weighted by Gasteiger charge is 2.75. The van der Waals surface area contributed by atoms with Crippen LogP contribution in [0.1, 0.15) is 23.6 Å². The monoisotopic (exact) mass is 464 g/mol. The van der Waals surface area contributed by atoms with Gasteiger partial charge >= 0.3 is 6.03 Å². The fraction of sp³-hybridized carbons (Fsp3) is 0.226. The molecule has 3 atom stereocenters. The third-order valence-corrected chi connectivity index (χ3v) is 7.95. The Hall–Kier alpha value is -3.60. The molecule has 0 radical (unpaired) electrons. The van der Waals surface area contributed by atoms with Crippen molar-refractivity contribution in [2.24, 2.45) is 0 Å². The minimum Gasteiger partial charge on any atom is -0.358 e. The Morgan fingerprint density at radius 3 is 2.03 bits per heavy atom. The van der Waals surface area contributed by atoms with Crippen molar-refractivity contribution in [1.82, 2.24) is 8.97 Å². The highest BCUT2D eigenvalue weighted by atomic mass is 16.8. The van der Waals surface area contributed by atoms with Crippen LogP contribution in [0.5, 0.6) is 11.5 Å². The number of nitrogens with zero attached hydrogens (tertiary/aromatic N) is 2. The van der Waals surface area contributed by atoms with E-state index >= 15 is 0 Å². The molecule has 176 valence electrons. The van der Waals surface area contributed by atoms with Crippen LogP contribution in [0.25, 0.3) is 0 Å². The van der Waals surface area contributed by atoms with Crippen LogP contribution in [-0.4, -0.2) is 19.6 Å². The summed E-state index contributed by atoms with van der Waals surface area (Å²) in [6.45, 7) is 6.72. The standard InChI is InChI=1S/C31H32N2O2/c1-4-33(28-19-9-6-10-20-28)23-25-15-11-12-21-29(25)34-31(33)32(3,27-17-7-5-8-18-27)22-26-16-13-14-24(2)30(26)35-31/h5-21H,4,22-23H2,1-3H3/q+2. The van der Waals surface area contributed by atoms with Crippen molar-refractivity contribution in [3.8, 4) is 11.5 Å². The van der Waals surface area contributed by atoms with E-state index in [0.717, 1.165) is 42.4 Å². The summed E-state index contributed by atoms with van der Waals surface area (Å²) in [5, 5.41) is 0. The van der Waals surface area contributed by atoms with Crippen molar-refractivity contribution < 1.29 is 9.47 Å². The van der Waals surface area contributed by atoms with Crippen LogP contribution in [0, 0.1) is 6.92 Å².